The summed E-state index contributed by atoms with van der Waals surface area (Å²) in [6, 6.07) is 8.43. The van der Waals surface area contributed by atoms with Crippen LogP contribution in [0.3, 0.4) is 0 Å². The molecule has 12 heteroatoms. The van der Waals surface area contributed by atoms with Crippen molar-refractivity contribution >= 4 is 62.6 Å². The van der Waals surface area contributed by atoms with Crippen LogP contribution >= 0.6 is 46.3 Å². The van der Waals surface area contributed by atoms with Gasteiger partial charge in [0, 0.05) is 37.5 Å². The van der Waals surface area contributed by atoms with Crippen LogP contribution in [0.25, 0.3) is 10.2 Å². The number of thioether (sulfide) groups is 1. The van der Waals surface area contributed by atoms with E-state index in [4.69, 9.17) is 23.2 Å². The molecule has 0 saturated carbocycles. The van der Waals surface area contributed by atoms with Gasteiger partial charge in [-0.1, -0.05) is 52.7 Å². The van der Waals surface area contributed by atoms with Gasteiger partial charge in [-0.05, 0) is 36.3 Å². The van der Waals surface area contributed by atoms with E-state index < -0.39 is 12.2 Å². The van der Waals surface area contributed by atoms with Gasteiger partial charge in [-0.3, -0.25) is 4.79 Å². The second-order valence-electron chi connectivity index (χ2n) is 7.81. The van der Waals surface area contributed by atoms with Gasteiger partial charge in [0.05, 0.1) is 20.8 Å². The van der Waals surface area contributed by atoms with Crippen LogP contribution in [0.1, 0.15) is 23.7 Å². The van der Waals surface area contributed by atoms with Crippen molar-refractivity contribution in [1.29, 1.82) is 0 Å². The van der Waals surface area contributed by atoms with Gasteiger partial charge in [0.25, 0.3) is 0 Å². The number of hydrogen-bond donors (Lipinski definition) is 5. The van der Waals surface area contributed by atoms with E-state index in [0.29, 0.717) is 58.4 Å². The van der Waals surface area contributed by atoms with Crippen molar-refractivity contribution in [2.45, 2.75) is 18.9 Å². The minimum atomic E-state index is -0.959. The number of H-pyrrole nitrogens is 1. The lowest BCUT2D eigenvalue weighted by atomic mass is 10.1. The number of fused-ring (bicyclic) bond motifs is 1. The van der Waals surface area contributed by atoms with Crippen LogP contribution in [-0.2, 0) is 6.42 Å². The number of aliphatic hydroxyl groups is 1. The van der Waals surface area contributed by atoms with Gasteiger partial charge in [-0.25, -0.2) is 4.79 Å². The molecule has 0 spiro atoms. The molecule has 8 nitrogen and oxygen atoms in total. The Morgan fingerprint density at radius 1 is 1.20 bits per heavy atom. The van der Waals surface area contributed by atoms with E-state index in [0.717, 1.165) is 34.8 Å². The van der Waals surface area contributed by atoms with Gasteiger partial charge in [0.1, 0.15) is 11.3 Å². The highest BCUT2D eigenvalue weighted by molar-refractivity contribution is 7.99. The maximum Gasteiger partial charge on any atom is 0.407 e. The predicted octanol–water partition coefficient (Wildman–Crippen LogP) is 4.57. The second-order valence-corrected chi connectivity index (χ2v) is 10.8. The SMILES string of the molecule is O=C(O)N(CCCSCCNC[C@@H](O)c1ccc(O)c2[nH]c(=O)sc12)CCc1cccc(Cl)c1Cl. The topological polar surface area (TPSA) is 126 Å². The van der Waals surface area contributed by atoms with E-state index in [1.54, 1.807) is 30.0 Å². The molecule has 0 aliphatic heterocycles. The minimum Gasteiger partial charge on any atom is -0.506 e. The summed E-state index contributed by atoms with van der Waals surface area (Å²) in [5.74, 6) is 1.59. The molecular formula is C23H27Cl2N3O5S2. The first-order valence-corrected chi connectivity index (χ1v) is 13.7. The van der Waals surface area contributed by atoms with E-state index in [9.17, 15) is 24.9 Å². The molecule has 1 heterocycles. The predicted molar refractivity (Wildman–Crippen MR) is 144 cm³/mol. The zero-order chi connectivity index (χ0) is 25.4. The first-order valence-electron chi connectivity index (χ1n) is 11.0. The number of thiazole rings is 1. The minimum absolute atomic E-state index is 0.0200. The summed E-state index contributed by atoms with van der Waals surface area (Å²) in [6.07, 6.45) is -0.551. The molecule has 1 amide bonds. The van der Waals surface area contributed by atoms with Gasteiger partial charge >= 0.3 is 11.0 Å². The fraction of sp³-hybridized carbons (Fsp3) is 0.391. The fourth-order valence-corrected chi connectivity index (χ4v) is 5.71. The lowest BCUT2D eigenvalue weighted by Gasteiger charge is -2.19. The molecule has 3 rings (SSSR count). The van der Waals surface area contributed by atoms with Crippen molar-refractivity contribution in [3.63, 3.8) is 0 Å². The Balaban J connectivity index is 1.33. The van der Waals surface area contributed by atoms with Crippen LogP contribution in [0, 0.1) is 0 Å². The molecule has 190 valence electrons. The summed E-state index contributed by atoms with van der Waals surface area (Å²) in [4.78, 5) is 26.9. The number of hydrogen-bond acceptors (Lipinski definition) is 7. The fourth-order valence-electron chi connectivity index (χ4n) is 3.55. The number of rotatable bonds is 13. The Bertz CT molecular complexity index is 1200. The molecule has 1 aromatic heterocycles. The van der Waals surface area contributed by atoms with Crippen LogP contribution in [0.15, 0.2) is 35.1 Å². The Labute approximate surface area is 220 Å². The zero-order valence-electron chi connectivity index (χ0n) is 18.8. The first-order chi connectivity index (χ1) is 16.8. The average Bonchev–Trinajstić information content (AvgIpc) is 3.22. The van der Waals surface area contributed by atoms with Crippen molar-refractivity contribution in [2.24, 2.45) is 0 Å². The smallest absolute Gasteiger partial charge is 0.407 e. The zero-order valence-corrected chi connectivity index (χ0v) is 21.9. The maximum atomic E-state index is 11.6. The quantitative estimate of drug-likeness (QED) is 0.194. The van der Waals surface area contributed by atoms with Crippen molar-refractivity contribution in [1.82, 2.24) is 15.2 Å². The molecular weight excluding hydrogens is 533 g/mol. The maximum absolute atomic E-state index is 11.6. The Morgan fingerprint density at radius 3 is 2.77 bits per heavy atom. The number of aromatic nitrogens is 1. The van der Waals surface area contributed by atoms with E-state index in [1.165, 1.54) is 11.0 Å². The summed E-state index contributed by atoms with van der Waals surface area (Å²) in [5.41, 5.74) is 1.76. The summed E-state index contributed by atoms with van der Waals surface area (Å²) in [6.45, 7) is 1.76. The molecule has 0 aliphatic carbocycles. The Hall–Kier alpha value is -1.95. The highest BCUT2D eigenvalue weighted by Crippen LogP contribution is 2.31. The van der Waals surface area contributed by atoms with E-state index in [-0.39, 0.29) is 10.6 Å². The number of halogens is 2. The number of nitrogens with zero attached hydrogens (tertiary/aromatic N) is 1. The largest absolute Gasteiger partial charge is 0.506 e. The Kier molecular flexibility index (Phi) is 10.6. The molecule has 0 fully saturated rings. The van der Waals surface area contributed by atoms with E-state index >= 15 is 0 Å². The van der Waals surface area contributed by atoms with Gasteiger partial charge in [0.15, 0.2) is 0 Å². The molecule has 1 atom stereocenters. The van der Waals surface area contributed by atoms with Gasteiger partial charge in [0.2, 0.25) is 0 Å². The van der Waals surface area contributed by atoms with Gasteiger partial charge in [-0.15, -0.1) is 0 Å². The molecule has 35 heavy (non-hydrogen) atoms. The van der Waals surface area contributed by atoms with Crippen LogP contribution in [-0.4, -0.2) is 69.0 Å². The number of phenolic OH excluding ortho intramolecular Hbond substituents is 1. The average molecular weight is 561 g/mol. The van der Waals surface area contributed by atoms with Crippen LogP contribution in [0.4, 0.5) is 4.79 Å². The molecule has 0 saturated heterocycles. The molecule has 0 bridgehead atoms. The molecule has 2 aromatic carbocycles. The third-order valence-electron chi connectivity index (χ3n) is 5.38. The van der Waals surface area contributed by atoms with Crippen LogP contribution < -0.4 is 10.2 Å². The standard InChI is InChI=1S/C23H27Cl2N3O5S2/c24-16-4-1-3-14(19(16)25)7-10-28(23(32)33)9-2-11-34-12-8-26-13-18(30)15-5-6-17(29)20-21(15)35-22(31)27-20/h1,3-6,18,26,29-30H,2,7-13H2,(H,27,31)(H,32,33)/t18-/m1/s1. The van der Waals surface area contributed by atoms with Gasteiger partial charge in [-0.2, -0.15) is 11.8 Å². The number of carboxylic acid groups (broad SMARTS) is 1. The van der Waals surface area contributed by atoms with Crippen molar-refractivity contribution in [3.8, 4) is 5.75 Å². The third kappa shape index (κ3) is 7.77. The first kappa shape index (κ1) is 27.6. The molecule has 5 N–H and O–H groups in total. The van der Waals surface area contributed by atoms with Crippen LogP contribution in [0.5, 0.6) is 5.75 Å². The third-order valence-corrected chi connectivity index (χ3v) is 8.24. The number of carbonyl (C=O) groups is 1. The van der Waals surface area contributed by atoms with Crippen LogP contribution in [0.2, 0.25) is 10.0 Å². The molecule has 0 radical (unpaired) electrons. The molecule has 0 unspecified atom stereocenters. The van der Waals surface area contributed by atoms with Crippen molar-refractivity contribution < 1.29 is 20.1 Å². The highest BCUT2D eigenvalue weighted by atomic mass is 35.5. The van der Waals surface area contributed by atoms with Crippen molar-refractivity contribution in [2.75, 3.05) is 37.7 Å². The lowest BCUT2D eigenvalue weighted by Crippen LogP contribution is -2.32. The number of aliphatic hydroxyl groups excluding tert-OH is 1. The number of aromatic amines is 1. The molecule has 3 aromatic rings. The summed E-state index contributed by atoms with van der Waals surface area (Å²) < 4.78 is 0.555. The highest BCUT2D eigenvalue weighted by Gasteiger charge is 2.16. The van der Waals surface area contributed by atoms with Gasteiger partial charge < -0.3 is 30.5 Å². The normalized spacial score (nSPS) is 12.2. The number of aromatic hydroxyl groups is 1. The summed E-state index contributed by atoms with van der Waals surface area (Å²) >= 11 is 14.9. The number of phenols is 1. The summed E-state index contributed by atoms with van der Waals surface area (Å²) in [7, 11) is 0. The number of benzene rings is 2. The lowest BCUT2D eigenvalue weighted by molar-refractivity contribution is 0.146. The second kappa shape index (κ2) is 13.4. The number of amides is 1. The molecule has 0 aliphatic rings. The Morgan fingerprint density at radius 2 is 2.00 bits per heavy atom. The monoisotopic (exact) mass is 559 g/mol. The summed E-state index contributed by atoms with van der Waals surface area (Å²) in [5, 5.41) is 34.0. The number of nitrogens with one attached hydrogen (secondary N) is 2. The van der Waals surface area contributed by atoms with E-state index in [2.05, 4.69) is 10.3 Å². The van der Waals surface area contributed by atoms with E-state index in [1.807, 2.05) is 6.07 Å². The van der Waals surface area contributed by atoms with Crippen molar-refractivity contribution in [3.05, 3.63) is 61.2 Å².